The molecule has 0 saturated heterocycles. The van der Waals surface area contributed by atoms with E-state index >= 15 is 0 Å². The summed E-state index contributed by atoms with van der Waals surface area (Å²) in [5.41, 5.74) is 1.50. The zero-order chi connectivity index (χ0) is 20.4. The van der Waals surface area contributed by atoms with Crippen LogP contribution in [0.4, 0.5) is 0 Å². The normalized spacial score (nSPS) is 14.2. The largest absolute Gasteiger partial charge is 0.294 e. The molecule has 0 radical (unpaired) electrons. The summed E-state index contributed by atoms with van der Waals surface area (Å²) in [6.07, 6.45) is 8.38. The fourth-order valence-corrected chi connectivity index (χ4v) is 3.42. The minimum absolute atomic E-state index is 0.0609. The average molecular weight is 405 g/mol. The number of allylic oxidation sites excluding steroid dienone is 1. The van der Waals surface area contributed by atoms with Gasteiger partial charge in [0.2, 0.25) is 0 Å². The molecule has 1 fully saturated rings. The Bertz CT molecular complexity index is 1130. The summed E-state index contributed by atoms with van der Waals surface area (Å²) >= 11 is 6.20. The number of nitriles is 1. The van der Waals surface area contributed by atoms with Gasteiger partial charge < -0.3 is 0 Å². The summed E-state index contributed by atoms with van der Waals surface area (Å²) in [6.45, 7) is 4.05. The molecule has 0 N–H and O–H groups in total. The molecule has 29 heavy (non-hydrogen) atoms. The van der Waals surface area contributed by atoms with Crippen LogP contribution >= 0.6 is 11.6 Å². The van der Waals surface area contributed by atoms with Gasteiger partial charge in [-0.3, -0.25) is 9.78 Å². The zero-order valence-corrected chi connectivity index (χ0v) is 16.3. The number of carbonyl (C=O) groups is 1. The van der Waals surface area contributed by atoms with E-state index in [9.17, 15) is 10.1 Å². The molecule has 2 aromatic heterocycles. The van der Waals surface area contributed by atoms with E-state index in [0.29, 0.717) is 34.2 Å². The molecular weight excluding hydrogens is 388 g/mol. The standard InChI is InChI=1S/C21H17ClN6O/c1-14(20-26-13-27-28(20)19-11-24-6-7-25-19)2-3-18(29)15-8-16(10-17(22)9-15)21(12-23)4-5-21/h6-11,13H,1-5H2. The van der Waals surface area contributed by atoms with Crippen LogP contribution in [-0.2, 0) is 5.41 Å². The van der Waals surface area contributed by atoms with E-state index in [4.69, 9.17) is 11.6 Å². The molecule has 1 aliphatic rings. The SMILES string of the molecule is C=C(CCC(=O)c1cc(Cl)cc(C2(C#N)CC2)c1)c1ncnn1-c1cnccn1. The Kier molecular flexibility index (Phi) is 4.95. The van der Waals surface area contributed by atoms with Gasteiger partial charge in [0.1, 0.15) is 6.33 Å². The van der Waals surface area contributed by atoms with Gasteiger partial charge in [-0.05, 0) is 48.6 Å². The molecule has 4 rings (SSSR count). The zero-order valence-electron chi connectivity index (χ0n) is 15.5. The van der Waals surface area contributed by atoms with Gasteiger partial charge in [0.05, 0.1) is 17.7 Å². The van der Waals surface area contributed by atoms with E-state index in [1.165, 1.54) is 6.33 Å². The average Bonchev–Trinajstić information content (AvgIpc) is 3.40. The second kappa shape index (κ2) is 7.57. The first-order valence-electron chi connectivity index (χ1n) is 9.12. The number of hydrogen-bond donors (Lipinski definition) is 0. The fraction of sp³-hybridized carbons (Fsp3) is 0.238. The monoisotopic (exact) mass is 404 g/mol. The molecule has 0 unspecified atom stereocenters. The third kappa shape index (κ3) is 3.80. The van der Waals surface area contributed by atoms with Gasteiger partial charge in [-0.15, -0.1) is 0 Å². The van der Waals surface area contributed by atoms with Crippen molar-refractivity contribution in [2.45, 2.75) is 31.1 Å². The number of rotatable bonds is 7. The molecular formula is C21H17ClN6O. The maximum absolute atomic E-state index is 12.8. The van der Waals surface area contributed by atoms with Gasteiger partial charge in [-0.25, -0.2) is 9.97 Å². The van der Waals surface area contributed by atoms with Gasteiger partial charge in [-0.1, -0.05) is 18.2 Å². The van der Waals surface area contributed by atoms with E-state index in [1.807, 2.05) is 0 Å². The maximum atomic E-state index is 12.8. The van der Waals surface area contributed by atoms with E-state index in [-0.39, 0.29) is 12.2 Å². The number of aromatic nitrogens is 5. The Hall–Kier alpha value is -3.37. The van der Waals surface area contributed by atoms with Crippen LogP contribution < -0.4 is 0 Å². The number of benzene rings is 1. The number of hydrogen-bond acceptors (Lipinski definition) is 6. The van der Waals surface area contributed by atoms with E-state index in [2.05, 4.69) is 32.7 Å². The van der Waals surface area contributed by atoms with E-state index < -0.39 is 5.41 Å². The lowest BCUT2D eigenvalue weighted by atomic mass is 9.93. The van der Waals surface area contributed by atoms with E-state index in [0.717, 1.165) is 18.4 Å². The molecule has 1 aromatic carbocycles. The van der Waals surface area contributed by atoms with Gasteiger partial charge in [-0.2, -0.15) is 15.0 Å². The topological polar surface area (TPSA) is 97.3 Å². The highest BCUT2D eigenvalue weighted by molar-refractivity contribution is 6.31. The molecule has 3 aromatic rings. The van der Waals surface area contributed by atoms with E-state index in [1.54, 1.807) is 41.5 Å². The summed E-state index contributed by atoms with van der Waals surface area (Å²) in [6, 6.07) is 7.55. The Labute approximate surface area is 172 Å². The quantitative estimate of drug-likeness (QED) is 0.553. The number of halogens is 1. The third-order valence-corrected chi connectivity index (χ3v) is 5.24. The third-order valence-electron chi connectivity index (χ3n) is 5.02. The molecule has 2 heterocycles. The van der Waals surface area contributed by atoms with Crippen molar-refractivity contribution in [3.8, 4) is 11.9 Å². The smallest absolute Gasteiger partial charge is 0.174 e. The first kappa shape index (κ1) is 19.0. The van der Waals surface area contributed by atoms with Gasteiger partial charge in [0, 0.05) is 29.4 Å². The second-order valence-electron chi connectivity index (χ2n) is 7.01. The molecule has 1 aliphatic carbocycles. The number of ketones is 1. The van der Waals surface area contributed by atoms with Crippen LogP contribution in [0.15, 0.2) is 49.7 Å². The molecule has 7 nitrogen and oxygen atoms in total. The lowest BCUT2D eigenvalue weighted by molar-refractivity contribution is 0.0984. The summed E-state index contributed by atoms with van der Waals surface area (Å²) in [5.74, 6) is 0.999. The van der Waals surface area contributed by atoms with Gasteiger partial charge in [0.25, 0.3) is 0 Å². The molecule has 1 saturated carbocycles. The second-order valence-corrected chi connectivity index (χ2v) is 7.44. The summed E-state index contributed by atoms with van der Waals surface area (Å²) in [5, 5.41) is 14.1. The Morgan fingerprint density at radius 2 is 2.07 bits per heavy atom. The van der Waals surface area contributed by atoms with Crippen molar-refractivity contribution in [2.75, 3.05) is 0 Å². The van der Waals surface area contributed by atoms with Crippen molar-refractivity contribution >= 4 is 23.0 Å². The molecule has 0 bridgehead atoms. The highest BCUT2D eigenvalue weighted by Crippen LogP contribution is 2.48. The van der Waals surface area contributed by atoms with Crippen LogP contribution in [-0.4, -0.2) is 30.5 Å². The number of Topliss-reactive ketones (excluding diaryl/α,β-unsaturated/α-hetero) is 1. The predicted octanol–water partition coefficient (Wildman–Crippen LogP) is 3.94. The molecule has 0 aliphatic heterocycles. The summed E-state index contributed by atoms with van der Waals surface area (Å²) in [7, 11) is 0. The van der Waals surface area contributed by atoms with Crippen molar-refractivity contribution in [1.82, 2.24) is 24.7 Å². The van der Waals surface area contributed by atoms with Crippen molar-refractivity contribution in [3.05, 3.63) is 71.7 Å². The summed E-state index contributed by atoms with van der Waals surface area (Å²) < 4.78 is 1.54. The lowest BCUT2D eigenvalue weighted by Gasteiger charge is -2.10. The molecule has 0 atom stereocenters. The van der Waals surface area contributed by atoms with Gasteiger partial charge >= 0.3 is 0 Å². The number of nitrogens with zero attached hydrogens (tertiary/aromatic N) is 6. The van der Waals surface area contributed by atoms with Crippen LogP contribution in [0.25, 0.3) is 11.4 Å². The highest BCUT2D eigenvalue weighted by atomic mass is 35.5. The Morgan fingerprint density at radius 3 is 2.76 bits per heavy atom. The lowest BCUT2D eigenvalue weighted by Crippen LogP contribution is -2.08. The molecule has 0 spiro atoms. The minimum Gasteiger partial charge on any atom is -0.294 e. The molecule has 144 valence electrons. The van der Waals surface area contributed by atoms with Gasteiger partial charge in [0.15, 0.2) is 17.4 Å². The first-order chi connectivity index (χ1) is 14.0. The predicted molar refractivity (Wildman–Crippen MR) is 108 cm³/mol. The Balaban J connectivity index is 1.48. The van der Waals surface area contributed by atoms with Crippen molar-refractivity contribution in [1.29, 1.82) is 5.26 Å². The van der Waals surface area contributed by atoms with Crippen LogP contribution in [0.2, 0.25) is 5.02 Å². The fourth-order valence-electron chi connectivity index (χ4n) is 3.19. The van der Waals surface area contributed by atoms with Crippen molar-refractivity contribution in [2.24, 2.45) is 0 Å². The van der Waals surface area contributed by atoms with Crippen molar-refractivity contribution in [3.63, 3.8) is 0 Å². The Morgan fingerprint density at radius 1 is 1.24 bits per heavy atom. The molecule has 0 amide bonds. The van der Waals surface area contributed by atoms with Crippen LogP contribution in [0.3, 0.4) is 0 Å². The van der Waals surface area contributed by atoms with Crippen molar-refractivity contribution < 1.29 is 4.79 Å². The minimum atomic E-state index is -0.489. The summed E-state index contributed by atoms with van der Waals surface area (Å²) in [4.78, 5) is 25.3. The number of carbonyl (C=O) groups excluding carboxylic acids is 1. The highest BCUT2D eigenvalue weighted by Gasteiger charge is 2.45. The van der Waals surface area contributed by atoms with Crippen LogP contribution in [0, 0.1) is 11.3 Å². The first-order valence-corrected chi connectivity index (χ1v) is 9.50. The maximum Gasteiger partial charge on any atom is 0.174 e. The van der Waals surface area contributed by atoms with Crippen LogP contribution in [0.1, 0.15) is 47.4 Å². The van der Waals surface area contributed by atoms with Crippen LogP contribution in [0.5, 0.6) is 0 Å². The molecule has 8 heteroatoms.